The minimum Gasteiger partial charge on any atom is -0.389 e. The van der Waals surface area contributed by atoms with Gasteiger partial charge in [0, 0.05) is 18.0 Å². The number of nitrogens with one attached hydrogen (secondary N) is 1. The Bertz CT molecular complexity index is 556. The van der Waals surface area contributed by atoms with Crippen LogP contribution in [0.3, 0.4) is 0 Å². The van der Waals surface area contributed by atoms with Crippen molar-refractivity contribution in [1.82, 2.24) is 9.97 Å². The molecule has 1 unspecified atom stereocenters. The average molecular weight is 295 g/mol. The van der Waals surface area contributed by atoms with E-state index in [2.05, 4.69) is 35.2 Å². The number of thiophene rings is 1. The van der Waals surface area contributed by atoms with Crippen molar-refractivity contribution in [2.75, 3.05) is 25.1 Å². The fourth-order valence-corrected chi connectivity index (χ4v) is 2.68. The van der Waals surface area contributed by atoms with E-state index >= 15 is 0 Å². The summed E-state index contributed by atoms with van der Waals surface area (Å²) >= 11 is 1.64. The summed E-state index contributed by atoms with van der Waals surface area (Å²) in [6, 6.07) is 2.06. The molecule has 0 aliphatic rings. The van der Waals surface area contributed by atoms with Crippen LogP contribution in [0.5, 0.6) is 0 Å². The third-order valence-electron chi connectivity index (χ3n) is 2.72. The number of hydrogen-bond acceptors (Lipinski definition) is 6. The van der Waals surface area contributed by atoms with Gasteiger partial charge in [0.15, 0.2) is 0 Å². The van der Waals surface area contributed by atoms with Crippen LogP contribution in [0.4, 0.5) is 5.82 Å². The molecule has 20 heavy (non-hydrogen) atoms. The van der Waals surface area contributed by atoms with E-state index in [0.717, 1.165) is 16.0 Å². The molecule has 6 heteroatoms. The summed E-state index contributed by atoms with van der Waals surface area (Å²) in [4.78, 5) is 10.6. The number of aliphatic hydroxyl groups excluding tert-OH is 1. The van der Waals surface area contributed by atoms with E-state index in [4.69, 9.17) is 4.74 Å². The fourth-order valence-electron chi connectivity index (χ4n) is 1.83. The number of aryl methyl sites for hydroxylation is 1. The minimum absolute atomic E-state index is 0.335. The lowest BCUT2D eigenvalue weighted by Crippen LogP contribution is -2.26. The van der Waals surface area contributed by atoms with E-state index in [1.54, 1.807) is 17.7 Å². The van der Waals surface area contributed by atoms with Crippen LogP contribution in [0.25, 0.3) is 10.2 Å². The Morgan fingerprint density at radius 3 is 2.90 bits per heavy atom. The molecule has 0 radical (unpaired) electrons. The normalized spacial score (nSPS) is 13.1. The van der Waals surface area contributed by atoms with E-state index in [9.17, 15) is 5.11 Å². The predicted octanol–water partition coefficient (Wildman–Crippen LogP) is 2.45. The number of aliphatic hydroxyl groups is 1. The lowest BCUT2D eigenvalue weighted by molar-refractivity contribution is 0.0317. The summed E-state index contributed by atoms with van der Waals surface area (Å²) in [6.07, 6.45) is 1.00. The van der Waals surface area contributed by atoms with Gasteiger partial charge in [0.2, 0.25) is 0 Å². The van der Waals surface area contributed by atoms with E-state index in [-0.39, 0.29) is 0 Å². The van der Waals surface area contributed by atoms with Crippen LogP contribution in [0.2, 0.25) is 0 Å². The highest BCUT2D eigenvalue weighted by Gasteiger charge is 2.09. The average Bonchev–Trinajstić information content (AvgIpc) is 2.76. The molecule has 0 spiro atoms. The molecule has 1 atom stereocenters. The van der Waals surface area contributed by atoms with Crippen LogP contribution in [0.1, 0.15) is 18.7 Å². The second-order valence-electron chi connectivity index (χ2n) is 5.26. The van der Waals surface area contributed by atoms with E-state index in [1.165, 1.54) is 4.88 Å². The van der Waals surface area contributed by atoms with Crippen molar-refractivity contribution in [3.05, 3.63) is 17.3 Å². The molecule has 2 aromatic heterocycles. The monoisotopic (exact) mass is 295 g/mol. The van der Waals surface area contributed by atoms with Crippen molar-refractivity contribution in [3.8, 4) is 0 Å². The molecule has 0 bridgehead atoms. The van der Waals surface area contributed by atoms with Crippen LogP contribution in [0, 0.1) is 12.8 Å². The molecule has 0 aromatic carbocycles. The zero-order valence-corrected chi connectivity index (χ0v) is 12.9. The van der Waals surface area contributed by atoms with Gasteiger partial charge in [-0.1, -0.05) is 13.8 Å². The van der Waals surface area contributed by atoms with Gasteiger partial charge in [-0.2, -0.15) is 0 Å². The molecule has 0 amide bonds. The first-order valence-corrected chi connectivity index (χ1v) is 7.58. The number of aromatic nitrogens is 2. The molecule has 2 heterocycles. The van der Waals surface area contributed by atoms with Gasteiger partial charge in [0.05, 0.1) is 18.1 Å². The lowest BCUT2D eigenvalue weighted by atomic mass is 10.2. The maximum Gasteiger partial charge on any atom is 0.138 e. The molecule has 0 saturated carbocycles. The standard InChI is InChI=1S/C14H21N3O2S/c1-9(2)6-19-7-11(18)5-15-13-12-4-10(3)20-14(12)17-8-16-13/h4,8-9,11,18H,5-7H2,1-3H3,(H,15,16,17). The zero-order valence-electron chi connectivity index (χ0n) is 12.1. The van der Waals surface area contributed by atoms with Crippen molar-refractivity contribution in [2.24, 2.45) is 5.92 Å². The first-order chi connectivity index (χ1) is 9.56. The number of rotatable bonds is 7. The zero-order chi connectivity index (χ0) is 14.5. The minimum atomic E-state index is -0.543. The third kappa shape index (κ3) is 4.13. The highest BCUT2D eigenvalue weighted by molar-refractivity contribution is 7.18. The molecule has 0 aliphatic carbocycles. The third-order valence-corrected chi connectivity index (χ3v) is 3.68. The maximum atomic E-state index is 9.87. The molecule has 2 rings (SSSR count). The molecular weight excluding hydrogens is 274 g/mol. The number of fused-ring (bicyclic) bond motifs is 1. The number of nitrogens with zero attached hydrogens (tertiary/aromatic N) is 2. The van der Waals surface area contributed by atoms with Crippen LogP contribution in [-0.2, 0) is 4.74 Å². The largest absolute Gasteiger partial charge is 0.389 e. The fraction of sp³-hybridized carbons (Fsp3) is 0.571. The van der Waals surface area contributed by atoms with Gasteiger partial charge in [0.1, 0.15) is 17.0 Å². The van der Waals surface area contributed by atoms with E-state index in [0.29, 0.717) is 25.7 Å². The predicted molar refractivity (Wildman–Crippen MR) is 82.3 cm³/mol. The van der Waals surface area contributed by atoms with Gasteiger partial charge in [-0.3, -0.25) is 0 Å². The van der Waals surface area contributed by atoms with Gasteiger partial charge in [-0.05, 0) is 18.9 Å². The molecular formula is C14H21N3O2S. The van der Waals surface area contributed by atoms with E-state index in [1.807, 2.05) is 6.92 Å². The quantitative estimate of drug-likeness (QED) is 0.821. The highest BCUT2D eigenvalue weighted by atomic mass is 32.1. The Balaban J connectivity index is 1.89. The topological polar surface area (TPSA) is 67.3 Å². The van der Waals surface area contributed by atoms with Crippen molar-refractivity contribution < 1.29 is 9.84 Å². The van der Waals surface area contributed by atoms with Gasteiger partial charge >= 0.3 is 0 Å². The number of anilines is 1. The van der Waals surface area contributed by atoms with Crippen molar-refractivity contribution in [1.29, 1.82) is 0 Å². The molecule has 110 valence electrons. The van der Waals surface area contributed by atoms with Crippen molar-refractivity contribution >= 4 is 27.4 Å². The molecule has 0 aliphatic heterocycles. The summed E-state index contributed by atoms with van der Waals surface area (Å²) in [5, 5.41) is 14.0. The summed E-state index contributed by atoms with van der Waals surface area (Å²) in [6.45, 7) is 7.63. The SMILES string of the molecule is Cc1cc2c(NCC(O)COCC(C)C)ncnc2s1. The number of ether oxygens (including phenoxy) is 1. The lowest BCUT2D eigenvalue weighted by Gasteiger charge is -2.14. The van der Waals surface area contributed by atoms with Crippen LogP contribution >= 0.6 is 11.3 Å². The summed E-state index contributed by atoms with van der Waals surface area (Å²) in [5.74, 6) is 1.24. The summed E-state index contributed by atoms with van der Waals surface area (Å²) < 4.78 is 5.42. The van der Waals surface area contributed by atoms with E-state index < -0.39 is 6.10 Å². The number of hydrogen-bond donors (Lipinski definition) is 2. The maximum absolute atomic E-state index is 9.87. The van der Waals surface area contributed by atoms with Gasteiger partial charge < -0.3 is 15.2 Å². The Kier molecular flexibility index (Phi) is 5.28. The molecule has 0 saturated heterocycles. The highest BCUT2D eigenvalue weighted by Crippen LogP contribution is 2.27. The summed E-state index contributed by atoms with van der Waals surface area (Å²) in [7, 11) is 0. The Labute approximate surface area is 123 Å². The Hall–Kier alpha value is -1.24. The van der Waals surface area contributed by atoms with Crippen molar-refractivity contribution in [3.63, 3.8) is 0 Å². The molecule has 5 nitrogen and oxygen atoms in total. The Morgan fingerprint density at radius 1 is 1.35 bits per heavy atom. The Morgan fingerprint density at radius 2 is 2.15 bits per heavy atom. The first kappa shape index (κ1) is 15.2. The van der Waals surface area contributed by atoms with Gasteiger partial charge in [-0.25, -0.2) is 9.97 Å². The van der Waals surface area contributed by atoms with Crippen LogP contribution in [0.15, 0.2) is 12.4 Å². The van der Waals surface area contributed by atoms with Crippen molar-refractivity contribution in [2.45, 2.75) is 26.9 Å². The molecule has 2 aromatic rings. The first-order valence-electron chi connectivity index (χ1n) is 6.77. The van der Waals surface area contributed by atoms with Gasteiger partial charge in [0.25, 0.3) is 0 Å². The van der Waals surface area contributed by atoms with Crippen LogP contribution < -0.4 is 5.32 Å². The van der Waals surface area contributed by atoms with Crippen LogP contribution in [-0.4, -0.2) is 40.9 Å². The van der Waals surface area contributed by atoms with Gasteiger partial charge in [-0.15, -0.1) is 11.3 Å². The molecule has 0 fully saturated rings. The smallest absolute Gasteiger partial charge is 0.138 e. The second kappa shape index (κ2) is 6.97. The second-order valence-corrected chi connectivity index (χ2v) is 6.50. The molecule has 2 N–H and O–H groups in total. The summed E-state index contributed by atoms with van der Waals surface area (Å²) in [5.41, 5.74) is 0.